The van der Waals surface area contributed by atoms with E-state index in [9.17, 15) is 18.0 Å². The van der Waals surface area contributed by atoms with Crippen molar-refractivity contribution in [1.82, 2.24) is 4.90 Å². The highest BCUT2D eigenvalue weighted by molar-refractivity contribution is 5.92. The van der Waals surface area contributed by atoms with Crippen LogP contribution in [-0.2, 0) is 11.0 Å². The largest absolute Gasteiger partial charge is 0.497 e. The summed E-state index contributed by atoms with van der Waals surface area (Å²) in [5.41, 5.74) is 0.641. The molecule has 0 aliphatic carbocycles. The highest BCUT2D eigenvalue weighted by atomic mass is 19.4. The highest BCUT2D eigenvalue weighted by Gasteiger charge is 2.30. The van der Waals surface area contributed by atoms with E-state index >= 15 is 0 Å². The first-order valence-electron chi connectivity index (χ1n) is 8.68. The molecule has 0 aromatic heterocycles. The first-order valence-corrected chi connectivity index (χ1v) is 8.68. The maximum atomic E-state index is 12.8. The van der Waals surface area contributed by atoms with Gasteiger partial charge in [0.2, 0.25) is 5.91 Å². The molecule has 6 heteroatoms. The van der Waals surface area contributed by atoms with Crippen molar-refractivity contribution in [3.05, 3.63) is 71.3 Å². The third kappa shape index (κ3) is 4.51. The summed E-state index contributed by atoms with van der Waals surface area (Å²) in [4.78, 5) is 14.4. The molecule has 1 aliphatic heterocycles. The number of amides is 1. The Bertz CT molecular complexity index is 828. The van der Waals surface area contributed by atoms with Crippen LogP contribution in [0.4, 0.5) is 13.2 Å². The molecule has 27 heavy (non-hydrogen) atoms. The molecule has 0 bridgehead atoms. The van der Waals surface area contributed by atoms with Crippen molar-refractivity contribution in [2.45, 2.75) is 25.1 Å². The lowest BCUT2D eigenvalue weighted by Crippen LogP contribution is -2.28. The van der Waals surface area contributed by atoms with Crippen LogP contribution in [0.25, 0.3) is 6.08 Å². The molecule has 1 saturated heterocycles. The summed E-state index contributed by atoms with van der Waals surface area (Å²) in [5, 5.41) is 0. The molecular weight excluding hydrogens is 355 g/mol. The molecule has 0 saturated carbocycles. The lowest BCUT2D eigenvalue weighted by atomic mass is 10.0. The number of rotatable bonds is 4. The molecule has 0 unspecified atom stereocenters. The summed E-state index contributed by atoms with van der Waals surface area (Å²) in [6.07, 6.45) is 0.121. The second-order valence-corrected chi connectivity index (χ2v) is 6.42. The number of hydrogen-bond acceptors (Lipinski definition) is 2. The minimum absolute atomic E-state index is 0.0328. The first-order chi connectivity index (χ1) is 12.9. The molecule has 3 nitrogen and oxygen atoms in total. The predicted octanol–water partition coefficient (Wildman–Crippen LogP) is 5.09. The van der Waals surface area contributed by atoms with Gasteiger partial charge in [0, 0.05) is 12.6 Å². The Morgan fingerprint density at radius 3 is 2.59 bits per heavy atom. The predicted molar refractivity (Wildman–Crippen MR) is 97.2 cm³/mol. The number of ether oxygens (including phenoxy) is 1. The molecule has 142 valence electrons. The van der Waals surface area contributed by atoms with Crippen molar-refractivity contribution in [1.29, 1.82) is 0 Å². The Morgan fingerprint density at radius 2 is 1.93 bits per heavy atom. The Hall–Kier alpha value is -2.76. The van der Waals surface area contributed by atoms with Crippen molar-refractivity contribution in [2.75, 3.05) is 13.7 Å². The van der Waals surface area contributed by atoms with Gasteiger partial charge in [-0.25, -0.2) is 0 Å². The van der Waals surface area contributed by atoms with Crippen LogP contribution in [0.1, 0.15) is 35.6 Å². The van der Waals surface area contributed by atoms with Gasteiger partial charge in [-0.2, -0.15) is 13.2 Å². The fourth-order valence-corrected chi connectivity index (χ4v) is 3.29. The van der Waals surface area contributed by atoms with E-state index in [4.69, 9.17) is 4.74 Å². The van der Waals surface area contributed by atoms with Crippen LogP contribution < -0.4 is 4.74 Å². The number of nitrogens with zero attached hydrogens (tertiary/aromatic N) is 1. The van der Waals surface area contributed by atoms with Gasteiger partial charge < -0.3 is 9.64 Å². The average Bonchev–Trinajstić information content (AvgIpc) is 3.15. The minimum atomic E-state index is -4.40. The molecular formula is C21H20F3NO2. The molecule has 1 fully saturated rings. The third-order valence-electron chi connectivity index (χ3n) is 4.67. The van der Waals surface area contributed by atoms with E-state index in [0.717, 1.165) is 36.3 Å². The fraction of sp³-hybridized carbons (Fsp3) is 0.286. The molecule has 1 atom stereocenters. The molecule has 1 aliphatic rings. The van der Waals surface area contributed by atoms with Crippen molar-refractivity contribution in [2.24, 2.45) is 0 Å². The Labute approximate surface area is 156 Å². The van der Waals surface area contributed by atoms with Crippen LogP contribution in [0.3, 0.4) is 0 Å². The molecule has 2 aromatic rings. The monoisotopic (exact) mass is 375 g/mol. The zero-order chi connectivity index (χ0) is 19.4. The number of likely N-dealkylation sites (tertiary alicyclic amines) is 1. The average molecular weight is 375 g/mol. The van der Waals surface area contributed by atoms with E-state index in [1.54, 1.807) is 18.1 Å². The van der Waals surface area contributed by atoms with Gasteiger partial charge in [0.05, 0.1) is 18.7 Å². The lowest BCUT2D eigenvalue weighted by molar-refractivity contribution is -0.137. The van der Waals surface area contributed by atoms with Crippen LogP contribution in [0.2, 0.25) is 0 Å². The Balaban J connectivity index is 1.73. The normalized spacial score (nSPS) is 17.5. The van der Waals surface area contributed by atoms with Crippen molar-refractivity contribution >= 4 is 12.0 Å². The van der Waals surface area contributed by atoms with Gasteiger partial charge >= 0.3 is 6.18 Å². The minimum Gasteiger partial charge on any atom is -0.497 e. The van der Waals surface area contributed by atoms with Gasteiger partial charge in [-0.3, -0.25) is 4.79 Å². The van der Waals surface area contributed by atoms with Gasteiger partial charge in [-0.05, 0) is 54.3 Å². The van der Waals surface area contributed by atoms with E-state index in [1.165, 1.54) is 18.2 Å². The molecule has 0 N–H and O–H groups in total. The summed E-state index contributed by atoms with van der Waals surface area (Å²) in [6, 6.07) is 12.5. The standard InChI is InChI=1S/C21H20F3NO2/c1-27-18-10-8-16(9-11-18)19-6-3-13-25(19)20(26)12-7-15-4-2-5-17(14-15)21(22,23)24/h2,4-5,7-12,14,19H,3,6,13H2,1H3/b12-7+/t19-/m0/s1. The second kappa shape index (κ2) is 7.86. The number of hydrogen-bond donors (Lipinski definition) is 0. The van der Waals surface area contributed by atoms with Gasteiger partial charge in [0.15, 0.2) is 0 Å². The third-order valence-corrected chi connectivity index (χ3v) is 4.67. The van der Waals surface area contributed by atoms with E-state index in [-0.39, 0.29) is 11.9 Å². The number of carbonyl (C=O) groups excluding carboxylic acids is 1. The molecule has 2 aromatic carbocycles. The molecule has 1 heterocycles. The van der Waals surface area contributed by atoms with Crippen LogP contribution in [0.5, 0.6) is 5.75 Å². The Morgan fingerprint density at radius 1 is 1.19 bits per heavy atom. The van der Waals surface area contributed by atoms with Crippen molar-refractivity contribution in [3.63, 3.8) is 0 Å². The van der Waals surface area contributed by atoms with Gasteiger partial charge in [0.1, 0.15) is 5.75 Å². The maximum absolute atomic E-state index is 12.8. The van der Waals surface area contributed by atoms with Crippen LogP contribution in [0, 0.1) is 0 Å². The summed E-state index contributed by atoms with van der Waals surface area (Å²) in [5.74, 6) is 0.546. The summed E-state index contributed by atoms with van der Waals surface area (Å²) >= 11 is 0. The molecule has 3 rings (SSSR count). The van der Waals surface area contributed by atoms with Gasteiger partial charge in [-0.1, -0.05) is 24.3 Å². The number of alkyl halides is 3. The van der Waals surface area contributed by atoms with Gasteiger partial charge in [-0.15, -0.1) is 0 Å². The molecule has 0 radical (unpaired) electrons. The Kier molecular flexibility index (Phi) is 5.54. The van der Waals surface area contributed by atoms with Crippen LogP contribution in [-0.4, -0.2) is 24.5 Å². The van der Waals surface area contributed by atoms with E-state index < -0.39 is 11.7 Å². The summed E-state index contributed by atoms with van der Waals surface area (Å²) in [7, 11) is 1.60. The lowest BCUT2D eigenvalue weighted by Gasteiger charge is -2.24. The zero-order valence-electron chi connectivity index (χ0n) is 14.9. The molecule has 0 spiro atoms. The number of methoxy groups -OCH3 is 1. The van der Waals surface area contributed by atoms with Crippen molar-refractivity contribution < 1.29 is 22.7 Å². The van der Waals surface area contributed by atoms with Gasteiger partial charge in [0.25, 0.3) is 0 Å². The van der Waals surface area contributed by atoms with E-state index in [0.29, 0.717) is 12.1 Å². The first kappa shape index (κ1) is 19.0. The number of carbonyl (C=O) groups is 1. The zero-order valence-corrected chi connectivity index (χ0v) is 14.9. The molecule has 1 amide bonds. The van der Waals surface area contributed by atoms with Crippen LogP contribution >= 0.6 is 0 Å². The SMILES string of the molecule is COc1ccc([C@@H]2CCCN2C(=O)/C=C/c2cccc(C(F)(F)F)c2)cc1. The fourth-order valence-electron chi connectivity index (χ4n) is 3.29. The topological polar surface area (TPSA) is 29.5 Å². The number of benzene rings is 2. The second-order valence-electron chi connectivity index (χ2n) is 6.42. The maximum Gasteiger partial charge on any atom is 0.416 e. The summed E-state index contributed by atoms with van der Waals surface area (Å²) in [6.45, 7) is 0.627. The quantitative estimate of drug-likeness (QED) is 0.697. The van der Waals surface area contributed by atoms with E-state index in [1.807, 2.05) is 24.3 Å². The smallest absolute Gasteiger partial charge is 0.416 e. The van der Waals surface area contributed by atoms with Crippen molar-refractivity contribution in [3.8, 4) is 5.75 Å². The van der Waals surface area contributed by atoms with E-state index in [2.05, 4.69) is 0 Å². The highest BCUT2D eigenvalue weighted by Crippen LogP contribution is 2.33. The van der Waals surface area contributed by atoms with Crippen LogP contribution in [0.15, 0.2) is 54.6 Å². The summed E-state index contributed by atoms with van der Waals surface area (Å²) < 4.78 is 43.5. The number of halogens is 3.